The fraction of sp³-hybridized carbons (Fsp3) is 0.167. The van der Waals surface area contributed by atoms with Gasteiger partial charge in [-0.2, -0.15) is 0 Å². The van der Waals surface area contributed by atoms with Gasteiger partial charge in [0.15, 0.2) is 6.61 Å². The third-order valence-corrected chi connectivity index (χ3v) is 5.70. The highest BCUT2D eigenvalue weighted by atomic mass is 35.5. The lowest BCUT2D eigenvalue weighted by Crippen LogP contribution is -2.34. The first-order valence-corrected chi connectivity index (χ1v) is 11.4. The van der Waals surface area contributed by atoms with E-state index in [0.29, 0.717) is 42.7 Å². The molecule has 0 aliphatic rings. The lowest BCUT2D eigenvalue weighted by molar-refractivity contribution is -0.120. The molecular formula is C24H19Cl4NO4. The molecular weight excluding hydrogens is 508 g/mol. The fourth-order valence-corrected chi connectivity index (χ4v) is 3.88. The molecule has 0 radical (unpaired) electrons. The van der Waals surface area contributed by atoms with Gasteiger partial charge in [0.25, 0.3) is 5.91 Å². The van der Waals surface area contributed by atoms with E-state index in [-0.39, 0.29) is 25.7 Å². The molecule has 3 aromatic rings. The van der Waals surface area contributed by atoms with E-state index in [1.165, 1.54) is 11.0 Å². The summed E-state index contributed by atoms with van der Waals surface area (Å²) < 4.78 is 10.6. The number of hydrogen-bond acceptors (Lipinski definition) is 4. The Balaban J connectivity index is 1.85. The summed E-state index contributed by atoms with van der Waals surface area (Å²) in [6, 6.07) is 16.3. The molecule has 9 heteroatoms. The topological polar surface area (TPSA) is 55.8 Å². The highest BCUT2D eigenvalue weighted by molar-refractivity contribution is 6.35. The first-order chi connectivity index (χ1) is 15.8. The van der Waals surface area contributed by atoms with Crippen molar-refractivity contribution in [1.82, 2.24) is 0 Å². The van der Waals surface area contributed by atoms with Crippen molar-refractivity contribution in [3.63, 3.8) is 0 Å². The van der Waals surface area contributed by atoms with Crippen LogP contribution in [0.4, 0.5) is 5.69 Å². The zero-order valence-corrected chi connectivity index (χ0v) is 20.5. The van der Waals surface area contributed by atoms with Crippen molar-refractivity contribution in [1.29, 1.82) is 0 Å². The molecule has 3 aromatic carbocycles. The number of carbonyl (C=O) groups is 2. The zero-order valence-electron chi connectivity index (χ0n) is 17.5. The average molecular weight is 527 g/mol. The molecule has 0 N–H and O–H groups in total. The molecule has 0 heterocycles. The number of hydrogen-bond donors (Lipinski definition) is 0. The summed E-state index contributed by atoms with van der Waals surface area (Å²) in [5, 5.41) is 1.66. The van der Waals surface area contributed by atoms with Crippen LogP contribution in [0.15, 0.2) is 60.7 Å². The zero-order chi connectivity index (χ0) is 24.0. The Labute approximate surface area is 211 Å². The Morgan fingerprint density at radius 2 is 1.48 bits per heavy atom. The standard InChI is InChI=1S/C24H19Cl4NO4/c1-2-32-24(31)15-4-8-19(9-5-15)29(13-16-3-6-17(25)11-20(16)27)23(30)14-33-22-10-7-18(26)12-21(22)28/h3-12H,2,13-14H2,1H3. The Hall–Kier alpha value is -2.44. The summed E-state index contributed by atoms with van der Waals surface area (Å²) in [5.74, 6) is -0.462. The summed E-state index contributed by atoms with van der Waals surface area (Å²) in [6.45, 7) is 1.87. The molecule has 33 heavy (non-hydrogen) atoms. The Bertz CT molecular complexity index is 1150. The van der Waals surface area contributed by atoms with Crippen LogP contribution in [0.5, 0.6) is 5.75 Å². The number of benzene rings is 3. The number of ether oxygens (including phenoxy) is 2. The van der Waals surface area contributed by atoms with E-state index < -0.39 is 5.97 Å². The molecule has 5 nitrogen and oxygen atoms in total. The minimum absolute atomic E-state index is 0.158. The molecule has 0 unspecified atom stereocenters. The van der Waals surface area contributed by atoms with E-state index in [1.54, 1.807) is 61.5 Å². The van der Waals surface area contributed by atoms with Crippen LogP contribution in [0.1, 0.15) is 22.8 Å². The van der Waals surface area contributed by atoms with Crippen LogP contribution < -0.4 is 9.64 Å². The Kier molecular flexibility index (Phi) is 8.87. The molecule has 0 spiro atoms. The second kappa shape index (κ2) is 11.6. The normalized spacial score (nSPS) is 10.6. The van der Waals surface area contributed by atoms with Crippen molar-refractivity contribution < 1.29 is 19.1 Å². The smallest absolute Gasteiger partial charge is 0.338 e. The van der Waals surface area contributed by atoms with Gasteiger partial charge < -0.3 is 14.4 Å². The van der Waals surface area contributed by atoms with Crippen LogP contribution >= 0.6 is 46.4 Å². The number of nitrogens with zero attached hydrogens (tertiary/aromatic N) is 1. The fourth-order valence-electron chi connectivity index (χ4n) is 2.95. The van der Waals surface area contributed by atoms with E-state index in [9.17, 15) is 9.59 Å². The van der Waals surface area contributed by atoms with E-state index in [0.717, 1.165) is 0 Å². The SMILES string of the molecule is CCOC(=O)c1ccc(N(Cc2ccc(Cl)cc2Cl)C(=O)COc2ccc(Cl)cc2Cl)cc1. The molecule has 0 fully saturated rings. The maximum absolute atomic E-state index is 13.2. The quantitative estimate of drug-likeness (QED) is 0.294. The highest BCUT2D eigenvalue weighted by Crippen LogP contribution is 2.29. The summed E-state index contributed by atoms with van der Waals surface area (Å²) in [7, 11) is 0. The average Bonchev–Trinajstić information content (AvgIpc) is 2.78. The van der Waals surface area contributed by atoms with Crippen LogP contribution in [0, 0.1) is 0 Å². The lowest BCUT2D eigenvalue weighted by atomic mass is 10.1. The number of rotatable bonds is 8. The predicted octanol–water partition coefficient (Wildman–Crippen LogP) is 7.09. The van der Waals surface area contributed by atoms with Crippen LogP contribution in [-0.4, -0.2) is 25.1 Å². The molecule has 0 saturated heterocycles. The van der Waals surface area contributed by atoms with Crippen LogP contribution in [0.25, 0.3) is 0 Å². The monoisotopic (exact) mass is 525 g/mol. The number of amides is 1. The van der Waals surface area contributed by atoms with Gasteiger partial charge in [0, 0.05) is 20.8 Å². The molecule has 3 rings (SSSR count). The number of halogens is 4. The number of anilines is 1. The van der Waals surface area contributed by atoms with E-state index in [1.807, 2.05) is 0 Å². The summed E-state index contributed by atoms with van der Waals surface area (Å²) in [4.78, 5) is 26.6. The van der Waals surface area contributed by atoms with Gasteiger partial charge in [-0.15, -0.1) is 0 Å². The molecule has 0 aliphatic heterocycles. The number of esters is 1. The molecule has 0 aromatic heterocycles. The van der Waals surface area contributed by atoms with Gasteiger partial charge in [0.05, 0.1) is 23.7 Å². The third kappa shape index (κ3) is 6.78. The summed E-state index contributed by atoms with van der Waals surface area (Å²) in [6.07, 6.45) is 0. The van der Waals surface area contributed by atoms with Gasteiger partial charge in [-0.05, 0) is 67.1 Å². The molecule has 1 amide bonds. The Morgan fingerprint density at radius 3 is 2.09 bits per heavy atom. The van der Waals surface area contributed by atoms with Crippen LogP contribution in [0.3, 0.4) is 0 Å². The molecule has 0 bridgehead atoms. The molecule has 0 saturated carbocycles. The van der Waals surface area contributed by atoms with Gasteiger partial charge in [-0.25, -0.2) is 4.79 Å². The van der Waals surface area contributed by atoms with E-state index in [4.69, 9.17) is 55.9 Å². The predicted molar refractivity (Wildman–Crippen MR) is 132 cm³/mol. The highest BCUT2D eigenvalue weighted by Gasteiger charge is 2.20. The molecule has 0 atom stereocenters. The van der Waals surface area contributed by atoms with Gasteiger partial charge in [0.1, 0.15) is 5.75 Å². The number of carbonyl (C=O) groups excluding carboxylic acids is 2. The van der Waals surface area contributed by atoms with Crippen molar-refractivity contribution in [2.45, 2.75) is 13.5 Å². The minimum Gasteiger partial charge on any atom is -0.482 e. The second-order valence-electron chi connectivity index (χ2n) is 6.85. The first-order valence-electron chi connectivity index (χ1n) is 9.87. The van der Waals surface area contributed by atoms with Gasteiger partial charge in [-0.3, -0.25) is 4.79 Å². The third-order valence-electron chi connectivity index (χ3n) is 4.58. The van der Waals surface area contributed by atoms with Crippen molar-refractivity contribution in [2.24, 2.45) is 0 Å². The lowest BCUT2D eigenvalue weighted by Gasteiger charge is -2.24. The van der Waals surface area contributed by atoms with Crippen molar-refractivity contribution >= 4 is 64.0 Å². The summed E-state index contributed by atoms with van der Waals surface area (Å²) in [5.41, 5.74) is 1.61. The second-order valence-corrected chi connectivity index (χ2v) is 8.53. The van der Waals surface area contributed by atoms with Gasteiger partial charge in [0.2, 0.25) is 0 Å². The van der Waals surface area contributed by atoms with Crippen LogP contribution in [-0.2, 0) is 16.1 Å². The largest absolute Gasteiger partial charge is 0.482 e. The minimum atomic E-state index is -0.441. The van der Waals surface area contributed by atoms with E-state index in [2.05, 4.69) is 0 Å². The van der Waals surface area contributed by atoms with Gasteiger partial charge >= 0.3 is 5.97 Å². The Morgan fingerprint density at radius 1 is 0.848 bits per heavy atom. The van der Waals surface area contributed by atoms with Crippen LogP contribution in [0.2, 0.25) is 20.1 Å². The van der Waals surface area contributed by atoms with Gasteiger partial charge in [-0.1, -0.05) is 52.5 Å². The summed E-state index contributed by atoms with van der Waals surface area (Å²) >= 11 is 24.4. The van der Waals surface area contributed by atoms with Crippen molar-refractivity contribution in [3.05, 3.63) is 91.9 Å². The maximum Gasteiger partial charge on any atom is 0.338 e. The molecule has 172 valence electrons. The van der Waals surface area contributed by atoms with E-state index >= 15 is 0 Å². The first kappa shape index (κ1) is 25.2. The van der Waals surface area contributed by atoms with Crippen molar-refractivity contribution in [3.8, 4) is 5.75 Å². The molecule has 0 aliphatic carbocycles. The van der Waals surface area contributed by atoms with Crippen molar-refractivity contribution in [2.75, 3.05) is 18.1 Å². The maximum atomic E-state index is 13.2.